The second kappa shape index (κ2) is 5.35. The number of nitro groups is 1. The van der Waals surface area contributed by atoms with Gasteiger partial charge in [-0.05, 0) is 22.4 Å². The summed E-state index contributed by atoms with van der Waals surface area (Å²) < 4.78 is 2.22. The molecule has 2 rings (SSSR count). The third-order valence-electron chi connectivity index (χ3n) is 2.52. The van der Waals surface area contributed by atoms with E-state index in [0.717, 1.165) is 17.8 Å². The van der Waals surface area contributed by atoms with Crippen molar-refractivity contribution < 1.29 is 4.92 Å². The fourth-order valence-electron chi connectivity index (χ4n) is 1.69. The van der Waals surface area contributed by atoms with Gasteiger partial charge in [-0.15, -0.1) is 0 Å². The lowest BCUT2D eigenvalue weighted by Gasteiger charge is -2.05. The van der Waals surface area contributed by atoms with Gasteiger partial charge in [0.2, 0.25) is 5.82 Å². The van der Waals surface area contributed by atoms with E-state index in [2.05, 4.69) is 31.3 Å². The van der Waals surface area contributed by atoms with Crippen LogP contribution in [0.2, 0.25) is 0 Å². The lowest BCUT2D eigenvalue weighted by Crippen LogP contribution is -2.00. The minimum Gasteiger partial charge on any atom is -0.332 e. The van der Waals surface area contributed by atoms with Gasteiger partial charge in [-0.2, -0.15) is 5.10 Å². The maximum absolute atomic E-state index is 11.0. The van der Waals surface area contributed by atoms with Gasteiger partial charge in [0.15, 0.2) is 0 Å². The number of aromatic nitrogens is 3. The number of rotatable bonds is 4. The van der Waals surface area contributed by atoms with Crippen molar-refractivity contribution in [2.75, 3.05) is 5.32 Å². The molecule has 0 saturated carbocycles. The molecule has 0 unspecified atom stereocenters. The normalized spacial score (nSPS) is 10.5. The number of nitrogens with zero attached hydrogens (tertiary/aromatic N) is 4. The molecule has 2 aromatic rings. The van der Waals surface area contributed by atoms with E-state index in [4.69, 9.17) is 0 Å². The van der Waals surface area contributed by atoms with Crippen molar-refractivity contribution >= 4 is 33.1 Å². The predicted molar refractivity (Wildman–Crippen MR) is 74.5 cm³/mol. The van der Waals surface area contributed by atoms with E-state index in [0.29, 0.717) is 4.47 Å². The first kappa shape index (κ1) is 13.5. The Labute approximate surface area is 117 Å². The van der Waals surface area contributed by atoms with Crippen LogP contribution in [0.5, 0.6) is 0 Å². The van der Waals surface area contributed by atoms with E-state index in [-0.39, 0.29) is 11.5 Å². The van der Waals surface area contributed by atoms with E-state index in [1.54, 1.807) is 17.9 Å². The Morgan fingerprint density at radius 3 is 2.95 bits per heavy atom. The number of anilines is 2. The molecular weight excluding hydrogens is 314 g/mol. The summed E-state index contributed by atoms with van der Waals surface area (Å²) in [5, 5.41) is 18.2. The lowest BCUT2D eigenvalue weighted by atomic mass is 10.3. The minimum absolute atomic E-state index is 0.0831. The highest BCUT2D eigenvalue weighted by Gasteiger charge is 2.17. The maximum Gasteiger partial charge on any atom is 0.312 e. The van der Waals surface area contributed by atoms with Gasteiger partial charge < -0.3 is 5.32 Å². The van der Waals surface area contributed by atoms with Crippen molar-refractivity contribution in [1.29, 1.82) is 0 Å². The van der Waals surface area contributed by atoms with Crippen LogP contribution in [-0.4, -0.2) is 19.7 Å². The molecule has 19 heavy (non-hydrogen) atoms. The fraction of sp³-hybridized carbons (Fsp3) is 0.273. The summed E-state index contributed by atoms with van der Waals surface area (Å²) in [6.45, 7) is 1.97. The highest BCUT2D eigenvalue weighted by Crippen LogP contribution is 2.29. The largest absolute Gasteiger partial charge is 0.332 e. The maximum atomic E-state index is 11.0. The van der Waals surface area contributed by atoms with E-state index in [1.165, 1.54) is 12.3 Å². The first-order valence-electron chi connectivity index (χ1n) is 5.60. The average molecular weight is 326 g/mol. The van der Waals surface area contributed by atoms with Gasteiger partial charge in [-0.1, -0.05) is 6.92 Å². The summed E-state index contributed by atoms with van der Waals surface area (Å²) in [4.78, 5) is 14.6. The molecule has 0 spiro atoms. The highest BCUT2D eigenvalue weighted by atomic mass is 79.9. The number of aryl methyl sites for hydroxylation is 2. The molecule has 100 valence electrons. The minimum atomic E-state index is -0.470. The molecule has 2 aromatic heterocycles. The standard InChI is InChI=1S/C11H12BrN5O2/c1-3-8-9(6-16(2)15-8)14-11-10(17(18)19)4-7(12)5-13-11/h4-6H,3H2,1-2H3,(H,13,14). The SMILES string of the molecule is CCc1nn(C)cc1Nc1ncc(Br)cc1[N+](=O)[O-]. The van der Waals surface area contributed by atoms with Crippen LogP contribution >= 0.6 is 15.9 Å². The van der Waals surface area contributed by atoms with Crippen LogP contribution in [0.1, 0.15) is 12.6 Å². The summed E-state index contributed by atoms with van der Waals surface area (Å²) in [5.74, 6) is 0.205. The third-order valence-corrected chi connectivity index (χ3v) is 2.96. The molecule has 0 radical (unpaired) electrons. The lowest BCUT2D eigenvalue weighted by molar-refractivity contribution is -0.384. The number of halogens is 1. The monoisotopic (exact) mass is 325 g/mol. The second-order valence-corrected chi connectivity index (χ2v) is 4.84. The van der Waals surface area contributed by atoms with E-state index >= 15 is 0 Å². The van der Waals surface area contributed by atoms with Gasteiger partial charge in [0.1, 0.15) is 0 Å². The molecule has 0 fully saturated rings. The molecule has 0 aromatic carbocycles. The van der Waals surface area contributed by atoms with Crippen LogP contribution in [0.25, 0.3) is 0 Å². The first-order valence-corrected chi connectivity index (χ1v) is 6.40. The number of hydrogen-bond donors (Lipinski definition) is 1. The van der Waals surface area contributed by atoms with Gasteiger partial charge >= 0.3 is 5.69 Å². The Bertz CT molecular complexity index is 626. The summed E-state index contributed by atoms with van der Waals surface area (Å²) >= 11 is 3.17. The molecule has 0 atom stereocenters. The molecule has 1 N–H and O–H groups in total. The molecule has 8 heteroatoms. The van der Waals surface area contributed by atoms with E-state index in [1.807, 2.05) is 6.92 Å². The first-order chi connectivity index (χ1) is 9.01. The highest BCUT2D eigenvalue weighted by molar-refractivity contribution is 9.10. The summed E-state index contributed by atoms with van der Waals surface area (Å²) in [7, 11) is 1.80. The fourth-order valence-corrected chi connectivity index (χ4v) is 2.01. The van der Waals surface area contributed by atoms with Crippen LogP contribution in [0.3, 0.4) is 0 Å². The Morgan fingerprint density at radius 2 is 2.32 bits per heavy atom. The topological polar surface area (TPSA) is 85.9 Å². The predicted octanol–water partition coefficient (Wildman–Crippen LogP) is 2.79. The molecule has 0 aliphatic carbocycles. The van der Waals surface area contributed by atoms with Gasteiger partial charge in [0, 0.05) is 30.0 Å². The zero-order valence-electron chi connectivity index (χ0n) is 10.4. The van der Waals surface area contributed by atoms with Gasteiger partial charge in [-0.3, -0.25) is 14.8 Å². The summed E-state index contributed by atoms with van der Waals surface area (Å²) in [6.07, 6.45) is 4.01. The molecule has 7 nitrogen and oxygen atoms in total. The van der Waals surface area contributed by atoms with Crippen LogP contribution in [0.15, 0.2) is 22.9 Å². The van der Waals surface area contributed by atoms with Crippen LogP contribution in [-0.2, 0) is 13.5 Å². The van der Waals surface area contributed by atoms with Gasteiger partial charge in [0.25, 0.3) is 0 Å². The molecule has 0 bridgehead atoms. The van der Waals surface area contributed by atoms with E-state index < -0.39 is 4.92 Å². The van der Waals surface area contributed by atoms with Crippen molar-refractivity contribution in [2.45, 2.75) is 13.3 Å². The van der Waals surface area contributed by atoms with Crippen LogP contribution < -0.4 is 5.32 Å². The van der Waals surface area contributed by atoms with Crippen LogP contribution in [0, 0.1) is 10.1 Å². The number of pyridine rings is 1. The van der Waals surface area contributed by atoms with E-state index in [9.17, 15) is 10.1 Å². The summed E-state index contributed by atoms with van der Waals surface area (Å²) in [5.41, 5.74) is 1.48. The summed E-state index contributed by atoms with van der Waals surface area (Å²) in [6, 6.07) is 1.41. The molecule has 2 heterocycles. The van der Waals surface area contributed by atoms with Crippen molar-refractivity contribution in [3.8, 4) is 0 Å². The second-order valence-electron chi connectivity index (χ2n) is 3.92. The number of hydrogen-bond acceptors (Lipinski definition) is 5. The third kappa shape index (κ3) is 2.90. The molecule has 0 aliphatic rings. The Hall–Kier alpha value is -1.96. The molecular formula is C11H12BrN5O2. The van der Waals surface area contributed by atoms with Crippen LogP contribution in [0.4, 0.5) is 17.2 Å². The smallest absolute Gasteiger partial charge is 0.312 e. The van der Waals surface area contributed by atoms with Gasteiger partial charge in [-0.25, -0.2) is 4.98 Å². The average Bonchev–Trinajstić information content (AvgIpc) is 2.71. The van der Waals surface area contributed by atoms with Gasteiger partial charge in [0.05, 0.1) is 16.3 Å². The number of nitrogens with one attached hydrogen (secondary N) is 1. The van der Waals surface area contributed by atoms with Crippen molar-refractivity contribution in [2.24, 2.45) is 7.05 Å². The molecule has 0 saturated heterocycles. The Kier molecular flexibility index (Phi) is 3.79. The zero-order chi connectivity index (χ0) is 14.0. The quantitative estimate of drug-likeness (QED) is 0.690. The Morgan fingerprint density at radius 1 is 1.58 bits per heavy atom. The van der Waals surface area contributed by atoms with Crippen molar-refractivity contribution in [3.05, 3.63) is 38.7 Å². The molecule has 0 aliphatic heterocycles. The Balaban J connectivity index is 2.40. The van der Waals surface area contributed by atoms with Crippen molar-refractivity contribution in [3.63, 3.8) is 0 Å². The molecule has 0 amide bonds. The zero-order valence-corrected chi connectivity index (χ0v) is 12.0. The van der Waals surface area contributed by atoms with Crippen molar-refractivity contribution in [1.82, 2.24) is 14.8 Å².